The number of fused-ring (bicyclic) bond motifs is 2. The van der Waals surface area contributed by atoms with E-state index in [-0.39, 0.29) is 5.78 Å². The zero-order valence-corrected chi connectivity index (χ0v) is 18.7. The van der Waals surface area contributed by atoms with Crippen LogP contribution < -0.4 is 10.2 Å². The molecule has 0 radical (unpaired) electrons. The zero-order chi connectivity index (χ0) is 21.7. The van der Waals surface area contributed by atoms with E-state index in [1.54, 1.807) is 0 Å². The first-order chi connectivity index (χ1) is 14.9. The van der Waals surface area contributed by atoms with Gasteiger partial charge in [-0.25, -0.2) is 0 Å². The molecule has 2 atom stereocenters. The van der Waals surface area contributed by atoms with Crippen LogP contribution in [-0.4, -0.2) is 56.1 Å². The number of rotatable bonds is 5. The summed E-state index contributed by atoms with van der Waals surface area (Å²) in [5.74, 6) is 2.19. The predicted octanol–water partition coefficient (Wildman–Crippen LogP) is 4.50. The number of carbonyl (C=O) groups excluding carboxylic acids is 1. The molecule has 0 amide bonds. The molecular weight excluding hydrogens is 388 g/mol. The van der Waals surface area contributed by atoms with Crippen molar-refractivity contribution in [3.05, 3.63) is 41.5 Å². The van der Waals surface area contributed by atoms with Crippen LogP contribution in [0, 0.1) is 11.8 Å². The van der Waals surface area contributed by atoms with Gasteiger partial charge in [-0.2, -0.15) is 0 Å². The van der Waals surface area contributed by atoms with Gasteiger partial charge >= 0.3 is 0 Å². The number of nitrogens with one attached hydrogen (secondary N) is 1. The summed E-state index contributed by atoms with van der Waals surface area (Å²) >= 11 is 0. The SMILES string of the molecule is C[C@@H]1C[C@H](C)CN(CCNc2cc(N(C)C)c3noc4c3c2C(=O)c2ccccc2-4)C1. The number of hydrogen-bond donors (Lipinski definition) is 1. The van der Waals surface area contributed by atoms with Gasteiger partial charge in [0.25, 0.3) is 0 Å². The van der Waals surface area contributed by atoms with Gasteiger partial charge in [-0.15, -0.1) is 0 Å². The van der Waals surface area contributed by atoms with Crippen LogP contribution in [0.1, 0.15) is 36.2 Å². The molecule has 31 heavy (non-hydrogen) atoms. The van der Waals surface area contributed by atoms with Gasteiger partial charge in [0.15, 0.2) is 11.5 Å². The first-order valence-electron chi connectivity index (χ1n) is 11.2. The summed E-state index contributed by atoms with van der Waals surface area (Å²) in [6.07, 6.45) is 1.31. The first-order valence-corrected chi connectivity index (χ1v) is 11.2. The quantitative estimate of drug-likeness (QED) is 0.515. The second kappa shape index (κ2) is 7.68. The lowest BCUT2D eigenvalue weighted by molar-refractivity contribution is 0.104. The highest BCUT2D eigenvalue weighted by atomic mass is 16.5. The summed E-state index contributed by atoms with van der Waals surface area (Å²) in [7, 11) is 3.98. The molecule has 162 valence electrons. The molecule has 2 aromatic carbocycles. The van der Waals surface area contributed by atoms with E-state index >= 15 is 0 Å². The van der Waals surface area contributed by atoms with Crippen LogP contribution in [-0.2, 0) is 0 Å². The number of ketones is 1. The van der Waals surface area contributed by atoms with Crippen molar-refractivity contribution in [1.29, 1.82) is 0 Å². The highest BCUT2D eigenvalue weighted by Crippen LogP contribution is 2.45. The monoisotopic (exact) mass is 418 g/mol. The maximum atomic E-state index is 13.5. The number of hydrogen-bond acceptors (Lipinski definition) is 6. The number of piperidine rings is 1. The molecule has 0 unspecified atom stereocenters. The number of likely N-dealkylation sites (tertiary alicyclic amines) is 1. The third-order valence-corrected chi connectivity index (χ3v) is 6.55. The maximum absolute atomic E-state index is 13.5. The van der Waals surface area contributed by atoms with Crippen LogP contribution in [0.4, 0.5) is 11.4 Å². The van der Waals surface area contributed by atoms with Gasteiger partial charge in [-0.1, -0.05) is 43.3 Å². The van der Waals surface area contributed by atoms with Gasteiger partial charge in [-0.05, 0) is 24.3 Å². The van der Waals surface area contributed by atoms with Crippen LogP contribution in [0.25, 0.3) is 22.2 Å². The van der Waals surface area contributed by atoms with Gasteiger partial charge in [-0.3, -0.25) is 4.79 Å². The minimum atomic E-state index is 0.0318. The summed E-state index contributed by atoms with van der Waals surface area (Å²) in [6.45, 7) is 8.71. The van der Waals surface area contributed by atoms with E-state index in [1.165, 1.54) is 6.42 Å². The minimum absolute atomic E-state index is 0.0318. The number of aromatic nitrogens is 1. The molecule has 0 spiro atoms. The molecule has 3 aromatic rings. The second-order valence-electron chi connectivity index (χ2n) is 9.46. The van der Waals surface area contributed by atoms with E-state index in [9.17, 15) is 4.79 Å². The standard InChI is InChI=1S/C25H30N4O2/c1-15-11-16(2)14-29(13-15)10-9-26-19-12-20(28(3)4)23-22-21(19)24(30)17-7-5-6-8-18(17)25(22)31-27-23/h5-8,12,15-16,26H,9-11,13-14H2,1-4H3/t15-,16+. The number of nitrogens with zero attached hydrogens (tertiary/aromatic N) is 3. The smallest absolute Gasteiger partial charge is 0.196 e. The van der Waals surface area contributed by atoms with Gasteiger partial charge in [0.05, 0.1) is 16.6 Å². The molecule has 1 fully saturated rings. The van der Waals surface area contributed by atoms with Crippen LogP contribution in [0.5, 0.6) is 0 Å². The van der Waals surface area contributed by atoms with Crippen molar-refractivity contribution in [2.75, 3.05) is 50.5 Å². The molecule has 2 heterocycles. The third kappa shape index (κ3) is 3.39. The second-order valence-corrected chi connectivity index (χ2v) is 9.46. The van der Waals surface area contributed by atoms with E-state index in [1.807, 2.05) is 49.3 Å². The van der Waals surface area contributed by atoms with Crippen LogP contribution in [0.2, 0.25) is 0 Å². The van der Waals surface area contributed by atoms with Crippen molar-refractivity contribution >= 4 is 28.1 Å². The molecule has 2 aliphatic rings. The Balaban J connectivity index is 1.52. The number of benzene rings is 2. The van der Waals surface area contributed by atoms with Crippen molar-refractivity contribution in [3.63, 3.8) is 0 Å². The van der Waals surface area contributed by atoms with Crippen LogP contribution in [0.15, 0.2) is 34.9 Å². The van der Waals surface area contributed by atoms with Crippen LogP contribution >= 0.6 is 0 Å². The summed E-state index contributed by atoms with van der Waals surface area (Å²) in [6, 6.07) is 9.67. The van der Waals surface area contributed by atoms with Gasteiger partial charge < -0.3 is 19.6 Å². The Bertz CT molecular complexity index is 1140. The van der Waals surface area contributed by atoms with E-state index in [0.717, 1.165) is 65.9 Å². The van der Waals surface area contributed by atoms with Gasteiger partial charge in [0.2, 0.25) is 0 Å². The lowest BCUT2D eigenvalue weighted by atomic mass is 9.86. The minimum Gasteiger partial charge on any atom is -0.383 e. The Hall–Kier alpha value is -2.86. The molecule has 0 bridgehead atoms. The van der Waals surface area contributed by atoms with Crippen LogP contribution in [0.3, 0.4) is 0 Å². The Kier molecular flexibility index (Phi) is 4.97. The molecule has 1 saturated heterocycles. The van der Waals surface area contributed by atoms with Gasteiger partial charge in [0.1, 0.15) is 5.52 Å². The van der Waals surface area contributed by atoms with Crippen molar-refractivity contribution < 1.29 is 9.32 Å². The average Bonchev–Trinajstić information content (AvgIpc) is 3.16. The summed E-state index contributed by atoms with van der Waals surface area (Å²) < 4.78 is 5.78. The largest absolute Gasteiger partial charge is 0.383 e. The Morgan fingerprint density at radius 2 is 1.87 bits per heavy atom. The molecule has 1 aliphatic heterocycles. The maximum Gasteiger partial charge on any atom is 0.196 e. The molecule has 6 heteroatoms. The fraction of sp³-hybridized carbons (Fsp3) is 0.440. The van der Waals surface area contributed by atoms with E-state index in [0.29, 0.717) is 16.9 Å². The number of anilines is 2. The Morgan fingerprint density at radius 3 is 2.58 bits per heavy atom. The van der Waals surface area contributed by atoms with E-state index in [2.05, 4.69) is 29.2 Å². The molecule has 0 saturated carbocycles. The average molecular weight is 419 g/mol. The highest BCUT2D eigenvalue weighted by molar-refractivity contribution is 6.28. The Labute approximate surface area is 183 Å². The topological polar surface area (TPSA) is 61.6 Å². The summed E-state index contributed by atoms with van der Waals surface area (Å²) in [5.41, 5.74) is 4.72. The normalized spacial score (nSPS) is 20.7. The highest BCUT2D eigenvalue weighted by Gasteiger charge is 2.33. The van der Waals surface area contributed by atoms with Gasteiger partial charge in [0, 0.05) is 57.1 Å². The van der Waals surface area contributed by atoms with Crippen molar-refractivity contribution in [3.8, 4) is 11.3 Å². The molecule has 5 rings (SSSR count). The van der Waals surface area contributed by atoms with E-state index in [4.69, 9.17) is 4.52 Å². The fourth-order valence-corrected chi connectivity index (χ4v) is 5.35. The van der Waals surface area contributed by atoms with Crippen molar-refractivity contribution in [1.82, 2.24) is 10.1 Å². The summed E-state index contributed by atoms with van der Waals surface area (Å²) in [4.78, 5) is 18.1. The molecule has 1 aliphatic carbocycles. The lowest BCUT2D eigenvalue weighted by Gasteiger charge is -2.35. The molecule has 1 aromatic heterocycles. The fourth-order valence-electron chi connectivity index (χ4n) is 5.35. The zero-order valence-electron chi connectivity index (χ0n) is 18.7. The summed E-state index contributed by atoms with van der Waals surface area (Å²) in [5, 5.41) is 8.75. The van der Waals surface area contributed by atoms with Crippen molar-refractivity contribution in [2.45, 2.75) is 20.3 Å². The third-order valence-electron chi connectivity index (χ3n) is 6.55. The Morgan fingerprint density at radius 1 is 1.16 bits per heavy atom. The number of carbonyl (C=O) groups is 1. The van der Waals surface area contributed by atoms with Crippen molar-refractivity contribution in [2.24, 2.45) is 11.8 Å². The molecule has 1 N–H and O–H groups in total. The van der Waals surface area contributed by atoms with E-state index < -0.39 is 0 Å². The lowest BCUT2D eigenvalue weighted by Crippen LogP contribution is -2.41. The first kappa shape index (κ1) is 20.1. The molecule has 6 nitrogen and oxygen atoms in total. The molecular formula is C25H30N4O2. The predicted molar refractivity (Wildman–Crippen MR) is 125 cm³/mol.